The summed E-state index contributed by atoms with van der Waals surface area (Å²) in [7, 11) is 3.60. The van der Waals surface area contributed by atoms with Crippen LogP contribution < -0.4 is 15.1 Å². The Labute approximate surface area is 158 Å². The van der Waals surface area contributed by atoms with Crippen molar-refractivity contribution in [1.29, 1.82) is 0 Å². The van der Waals surface area contributed by atoms with E-state index in [1.165, 1.54) is 18.2 Å². The third-order valence-electron chi connectivity index (χ3n) is 3.60. The molecule has 0 spiro atoms. The minimum atomic E-state index is -0.663. The summed E-state index contributed by atoms with van der Waals surface area (Å²) in [6, 6.07) is 7.06. The second-order valence-corrected chi connectivity index (χ2v) is 6.42. The number of anilines is 2. The quantitative estimate of drug-likeness (QED) is 0.493. The average molecular weight is 394 g/mol. The van der Waals surface area contributed by atoms with Crippen molar-refractivity contribution in [3.05, 3.63) is 52.5 Å². The summed E-state index contributed by atoms with van der Waals surface area (Å²) in [6.45, 7) is 0. The van der Waals surface area contributed by atoms with Gasteiger partial charge in [0.1, 0.15) is 17.2 Å². The van der Waals surface area contributed by atoms with Gasteiger partial charge in [-0.3, -0.25) is 19.8 Å². The molecule has 1 fully saturated rings. The number of carbonyl (C=O) groups is 2. The lowest BCUT2D eigenvalue weighted by Gasteiger charge is -2.28. The van der Waals surface area contributed by atoms with E-state index in [4.69, 9.17) is 28.2 Å². The number of halogens is 2. The van der Waals surface area contributed by atoms with Crippen molar-refractivity contribution in [2.45, 2.75) is 0 Å². The van der Waals surface area contributed by atoms with Crippen molar-refractivity contribution in [1.82, 2.24) is 5.32 Å². The molecule has 9 heteroatoms. The van der Waals surface area contributed by atoms with Crippen molar-refractivity contribution in [2.24, 2.45) is 0 Å². The van der Waals surface area contributed by atoms with Crippen LogP contribution in [-0.2, 0) is 9.59 Å². The molecule has 1 aliphatic rings. The van der Waals surface area contributed by atoms with Crippen molar-refractivity contribution >= 4 is 58.4 Å². The van der Waals surface area contributed by atoms with Gasteiger partial charge in [0.25, 0.3) is 11.8 Å². The summed E-state index contributed by atoms with van der Waals surface area (Å²) in [5.74, 6) is -1.04. The van der Waals surface area contributed by atoms with Gasteiger partial charge in [-0.05, 0) is 42.6 Å². The van der Waals surface area contributed by atoms with Gasteiger partial charge in [-0.25, -0.2) is 4.39 Å². The Morgan fingerprint density at radius 2 is 2.00 bits per heavy atom. The van der Waals surface area contributed by atoms with Gasteiger partial charge in [0, 0.05) is 20.2 Å². The lowest BCUT2D eigenvalue weighted by molar-refractivity contribution is -0.122. The first-order valence-corrected chi connectivity index (χ1v) is 8.20. The first-order valence-electron chi connectivity index (χ1n) is 7.41. The van der Waals surface area contributed by atoms with E-state index >= 15 is 0 Å². The van der Waals surface area contributed by atoms with Crippen molar-refractivity contribution in [3.63, 3.8) is 0 Å². The molecule has 0 bridgehead atoms. The number of nitrogens with one attached hydrogen (secondary N) is 1. The highest BCUT2D eigenvalue weighted by molar-refractivity contribution is 7.80. The molecule has 2 aromatic rings. The number of rotatable bonds is 3. The SMILES string of the molecule is CN(C)c1ccc(/C=C2\C(=O)NC(=S)N(c3ccc(F)c(Cl)c3)C2=O)o1. The molecular weight excluding hydrogens is 381 g/mol. The zero-order chi connectivity index (χ0) is 19.0. The van der Waals surface area contributed by atoms with Crippen molar-refractivity contribution < 1.29 is 18.4 Å². The summed E-state index contributed by atoms with van der Waals surface area (Å²) in [5, 5.41) is 2.15. The number of carbonyl (C=O) groups excluding carboxylic acids is 2. The van der Waals surface area contributed by atoms with Crippen LogP contribution in [-0.4, -0.2) is 31.0 Å². The van der Waals surface area contributed by atoms with Gasteiger partial charge < -0.3 is 9.32 Å². The smallest absolute Gasteiger partial charge is 0.270 e. The fraction of sp³-hybridized carbons (Fsp3) is 0.118. The number of amides is 2. The van der Waals surface area contributed by atoms with Gasteiger partial charge in [-0.1, -0.05) is 11.6 Å². The molecule has 2 amide bonds. The lowest BCUT2D eigenvalue weighted by atomic mass is 10.1. The van der Waals surface area contributed by atoms with Gasteiger partial charge in [-0.15, -0.1) is 0 Å². The van der Waals surface area contributed by atoms with E-state index in [2.05, 4.69) is 5.32 Å². The molecular formula is C17H13ClFN3O3S. The molecule has 1 saturated heterocycles. The highest BCUT2D eigenvalue weighted by Gasteiger charge is 2.35. The molecule has 6 nitrogen and oxygen atoms in total. The summed E-state index contributed by atoms with van der Waals surface area (Å²) in [4.78, 5) is 27.8. The van der Waals surface area contributed by atoms with Crippen molar-refractivity contribution in [2.75, 3.05) is 23.9 Å². The Hall–Kier alpha value is -2.71. The van der Waals surface area contributed by atoms with Gasteiger partial charge in [0.05, 0.1) is 10.7 Å². The summed E-state index contributed by atoms with van der Waals surface area (Å²) in [5.41, 5.74) is 0.0735. The van der Waals surface area contributed by atoms with E-state index in [-0.39, 0.29) is 21.4 Å². The first kappa shape index (κ1) is 18.1. The van der Waals surface area contributed by atoms with Crippen LogP contribution in [0.1, 0.15) is 5.76 Å². The van der Waals surface area contributed by atoms with Gasteiger partial charge >= 0.3 is 0 Å². The zero-order valence-corrected chi connectivity index (χ0v) is 15.3. The molecule has 1 aromatic heterocycles. The van der Waals surface area contributed by atoms with E-state index in [0.29, 0.717) is 11.6 Å². The first-order chi connectivity index (χ1) is 12.3. The van der Waals surface area contributed by atoms with Crippen LogP contribution in [0.15, 0.2) is 40.3 Å². The Morgan fingerprint density at radius 1 is 1.27 bits per heavy atom. The van der Waals surface area contributed by atoms with E-state index in [0.717, 1.165) is 11.0 Å². The second-order valence-electron chi connectivity index (χ2n) is 5.63. The summed E-state index contributed by atoms with van der Waals surface area (Å²) in [6.07, 6.45) is 1.32. The molecule has 1 N–H and O–H groups in total. The summed E-state index contributed by atoms with van der Waals surface area (Å²) >= 11 is 10.9. The van der Waals surface area contributed by atoms with Crippen LogP contribution in [0.5, 0.6) is 0 Å². The zero-order valence-electron chi connectivity index (χ0n) is 13.7. The molecule has 0 radical (unpaired) electrons. The summed E-state index contributed by atoms with van der Waals surface area (Å²) < 4.78 is 18.9. The van der Waals surface area contributed by atoms with Gasteiger partial charge in [-0.2, -0.15) is 0 Å². The molecule has 1 aromatic carbocycles. The maximum absolute atomic E-state index is 13.4. The van der Waals surface area contributed by atoms with Crippen LogP contribution in [0.25, 0.3) is 6.08 Å². The average Bonchev–Trinajstić information content (AvgIpc) is 3.03. The van der Waals surface area contributed by atoms with Crippen LogP contribution in [0.2, 0.25) is 5.02 Å². The highest BCUT2D eigenvalue weighted by atomic mass is 35.5. The third-order valence-corrected chi connectivity index (χ3v) is 4.18. The number of hydrogen-bond donors (Lipinski definition) is 1. The topological polar surface area (TPSA) is 65.8 Å². The molecule has 26 heavy (non-hydrogen) atoms. The van der Waals surface area contributed by atoms with Crippen molar-refractivity contribution in [3.8, 4) is 0 Å². The Morgan fingerprint density at radius 3 is 2.62 bits per heavy atom. The Bertz CT molecular complexity index is 954. The van der Waals surface area contributed by atoms with Crippen LogP contribution in [0.4, 0.5) is 16.0 Å². The van der Waals surface area contributed by atoms with E-state index < -0.39 is 17.6 Å². The van der Waals surface area contributed by atoms with E-state index in [9.17, 15) is 14.0 Å². The van der Waals surface area contributed by atoms with Gasteiger partial charge in [0.15, 0.2) is 11.0 Å². The normalized spacial score (nSPS) is 16.2. The number of furan rings is 1. The van der Waals surface area contributed by atoms with E-state index in [1.54, 1.807) is 31.1 Å². The Balaban J connectivity index is 1.99. The van der Waals surface area contributed by atoms with E-state index in [1.807, 2.05) is 0 Å². The number of nitrogens with zero attached hydrogens (tertiary/aromatic N) is 2. The predicted octanol–water partition coefficient (Wildman–Crippen LogP) is 2.97. The van der Waals surface area contributed by atoms with Gasteiger partial charge in [0.2, 0.25) is 0 Å². The highest BCUT2D eigenvalue weighted by Crippen LogP contribution is 2.27. The molecule has 134 valence electrons. The van der Waals surface area contributed by atoms with Crippen LogP contribution >= 0.6 is 23.8 Å². The molecule has 2 heterocycles. The molecule has 3 rings (SSSR count). The predicted molar refractivity (Wildman–Crippen MR) is 101 cm³/mol. The standard InChI is InChI=1S/C17H13ClFN3O3S/c1-21(2)14-6-4-10(25-14)8-11-15(23)20-17(26)22(16(11)24)9-3-5-13(19)12(18)7-9/h3-8H,1-2H3,(H,20,23,26)/b11-8+. The fourth-order valence-electron chi connectivity index (χ4n) is 2.32. The minimum Gasteiger partial charge on any atom is -0.441 e. The maximum atomic E-state index is 13.4. The monoisotopic (exact) mass is 393 g/mol. The third kappa shape index (κ3) is 3.33. The number of benzene rings is 1. The molecule has 1 aliphatic heterocycles. The fourth-order valence-corrected chi connectivity index (χ4v) is 2.77. The van der Waals surface area contributed by atoms with Crippen LogP contribution in [0.3, 0.4) is 0 Å². The molecule has 0 unspecified atom stereocenters. The molecule has 0 aliphatic carbocycles. The molecule has 0 saturated carbocycles. The molecule has 0 atom stereocenters. The second kappa shape index (κ2) is 6.89. The van der Waals surface area contributed by atoms with Crippen LogP contribution in [0, 0.1) is 5.82 Å². The Kier molecular flexibility index (Phi) is 4.80. The largest absolute Gasteiger partial charge is 0.441 e. The minimum absolute atomic E-state index is 0.117. The lowest BCUT2D eigenvalue weighted by Crippen LogP contribution is -2.54. The maximum Gasteiger partial charge on any atom is 0.270 e. The number of thiocarbonyl (C=S) groups is 1. The number of hydrogen-bond acceptors (Lipinski definition) is 5.